The minimum Gasteiger partial charge on any atom is -0.319 e. The number of hydrogen-bond donors (Lipinski definition) is 1. The second kappa shape index (κ2) is 5.65. The van der Waals surface area contributed by atoms with Crippen molar-refractivity contribution in [2.24, 2.45) is 0 Å². The molecule has 0 spiro atoms. The number of thioether (sulfide) groups is 1. The molecule has 1 heterocycles. The monoisotopic (exact) mass is 185 g/mol. The highest BCUT2D eigenvalue weighted by Crippen LogP contribution is 2.30. The molecule has 0 aromatic carbocycles. The van der Waals surface area contributed by atoms with Gasteiger partial charge in [0.25, 0.3) is 0 Å². The van der Waals surface area contributed by atoms with E-state index in [1.165, 1.54) is 30.6 Å². The summed E-state index contributed by atoms with van der Waals surface area (Å²) < 4.78 is 0. The van der Waals surface area contributed by atoms with Gasteiger partial charge in [0.2, 0.25) is 0 Å². The SMILES string of the molecule is C=C(CCNC)C1CCCCS1. The fourth-order valence-corrected chi connectivity index (χ4v) is 2.85. The third kappa shape index (κ3) is 3.20. The van der Waals surface area contributed by atoms with Crippen LogP contribution in [0, 0.1) is 0 Å². The van der Waals surface area contributed by atoms with Crippen molar-refractivity contribution in [3.63, 3.8) is 0 Å². The topological polar surface area (TPSA) is 12.0 Å². The summed E-state index contributed by atoms with van der Waals surface area (Å²) in [4.78, 5) is 0. The Bertz CT molecular complexity index is 139. The fourth-order valence-electron chi connectivity index (χ4n) is 1.51. The first-order valence-corrected chi connectivity index (χ1v) is 5.83. The molecule has 1 N–H and O–H groups in total. The summed E-state index contributed by atoms with van der Waals surface area (Å²) >= 11 is 2.09. The van der Waals surface area contributed by atoms with Gasteiger partial charge in [-0.3, -0.25) is 0 Å². The molecule has 0 aromatic heterocycles. The lowest BCUT2D eigenvalue weighted by molar-refractivity contribution is 0.677. The minimum atomic E-state index is 0.757. The van der Waals surface area contributed by atoms with Crippen LogP contribution in [0.2, 0.25) is 0 Å². The van der Waals surface area contributed by atoms with Crippen LogP contribution >= 0.6 is 11.8 Å². The van der Waals surface area contributed by atoms with Gasteiger partial charge in [-0.2, -0.15) is 11.8 Å². The van der Waals surface area contributed by atoms with Crippen LogP contribution in [0.5, 0.6) is 0 Å². The lowest BCUT2D eigenvalue weighted by atomic mass is 10.1. The van der Waals surface area contributed by atoms with Crippen LogP contribution in [0.4, 0.5) is 0 Å². The van der Waals surface area contributed by atoms with E-state index in [0.29, 0.717) is 0 Å². The molecule has 0 radical (unpaired) electrons. The molecule has 1 aliphatic heterocycles. The maximum absolute atomic E-state index is 4.16. The summed E-state index contributed by atoms with van der Waals surface area (Å²) in [5, 5.41) is 3.92. The van der Waals surface area contributed by atoms with Crippen LogP contribution in [-0.4, -0.2) is 24.6 Å². The molecule has 0 aromatic rings. The molecule has 1 fully saturated rings. The van der Waals surface area contributed by atoms with Gasteiger partial charge in [-0.25, -0.2) is 0 Å². The number of hydrogen-bond acceptors (Lipinski definition) is 2. The van der Waals surface area contributed by atoms with Crippen molar-refractivity contribution in [1.29, 1.82) is 0 Å². The van der Waals surface area contributed by atoms with Gasteiger partial charge in [0.05, 0.1) is 0 Å². The van der Waals surface area contributed by atoms with Crippen molar-refractivity contribution in [3.8, 4) is 0 Å². The first-order valence-electron chi connectivity index (χ1n) is 4.78. The Morgan fingerprint density at radius 2 is 2.42 bits per heavy atom. The Hall–Kier alpha value is 0.0500. The molecule has 1 aliphatic rings. The zero-order valence-electron chi connectivity index (χ0n) is 7.94. The third-order valence-corrected chi connectivity index (χ3v) is 3.83. The molecular formula is C10H19NS. The number of nitrogens with one attached hydrogen (secondary N) is 1. The summed E-state index contributed by atoms with van der Waals surface area (Å²) in [6, 6.07) is 0. The Labute approximate surface area is 80.0 Å². The van der Waals surface area contributed by atoms with Gasteiger partial charge in [0.15, 0.2) is 0 Å². The zero-order chi connectivity index (χ0) is 8.81. The quantitative estimate of drug-likeness (QED) is 0.675. The molecule has 0 amide bonds. The Morgan fingerprint density at radius 3 is 3.00 bits per heavy atom. The maximum atomic E-state index is 4.16. The summed E-state index contributed by atoms with van der Waals surface area (Å²) in [6.07, 6.45) is 5.30. The van der Waals surface area contributed by atoms with Crippen molar-refractivity contribution in [2.75, 3.05) is 19.3 Å². The molecule has 1 rings (SSSR count). The molecule has 0 bridgehead atoms. The molecule has 70 valence electrons. The Kier molecular flexibility index (Phi) is 4.77. The van der Waals surface area contributed by atoms with E-state index < -0.39 is 0 Å². The molecule has 1 atom stereocenters. The second-order valence-electron chi connectivity index (χ2n) is 3.37. The molecule has 2 heteroatoms. The van der Waals surface area contributed by atoms with Crippen molar-refractivity contribution in [1.82, 2.24) is 5.32 Å². The fraction of sp³-hybridized carbons (Fsp3) is 0.800. The van der Waals surface area contributed by atoms with Crippen molar-refractivity contribution in [2.45, 2.75) is 30.9 Å². The lowest BCUT2D eigenvalue weighted by Gasteiger charge is -2.23. The highest BCUT2D eigenvalue weighted by atomic mass is 32.2. The first kappa shape index (κ1) is 10.1. The normalized spacial score (nSPS) is 23.9. The predicted octanol–water partition coefficient (Wildman–Crippen LogP) is 2.44. The molecule has 0 aliphatic carbocycles. The smallest absolute Gasteiger partial charge is 0.0254 e. The summed E-state index contributed by atoms with van der Waals surface area (Å²) in [5.41, 5.74) is 1.44. The van der Waals surface area contributed by atoms with Gasteiger partial charge >= 0.3 is 0 Å². The van der Waals surface area contributed by atoms with Crippen LogP contribution in [0.15, 0.2) is 12.2 Å². The lowest BCUT2D eigenvalue weighted by Crippen LogP contribution is -2.16. The molecule has 1 saturated heterocycles. The molecule has 12 heavy (non-hydrogen) atoms. The molecular weight excluding hydrogens is 166 g/mol. The largest absolute Gasteiger partial charge is 0.319 e. The molecule has 1 unspecified atom stereocenters. The summed E-state index contributed by atoms with van der Waals surface area (Å²) in [6.45, 7) is 5.23. The average Bonchev–Trinajstić information content (AvgIpc) is 2.15. The van der Waals surface area contributed by atoms with E-state index in [4.69, 9.17) is 0 Å². The number of rotatable bonds is 4. The summed E-state index contributed by atoms with van der Waals surface area (Å²) in [5.74, 6) is 1.34. The van der Waals surface area contributed by atoms with Crippen LogP contribution in [0.25, 0.3) is 0 Å². The second-order valence-corrected chi connectivity index (χ2v) is 4.68. The van der Waals surface area contributed by atoms with Gasteiger partial charge in [-0.1, -0.05) is 18.6 Å². The highest BCUT2D eigenvalue weighted by molar-refractivity contribution is 8.00. The third-order valence-electron chi connectivity index (χ3n) is 2.33. The van der Waals surface area contributed by atoms with Crippen molar-refractivity contribution in [3.05, 3.63) is 12.2 Å². The highest BCUT2D eigenvalue weighted by Gasteiger charge is 2.15. The minimum absolute atomic E-state index is 0.757. The van der Waals surface area contributed by atoms with Crippen molar-refractivity contribution < 1.29 is 0 Å². The van der Waals surface area contributed by atoms with E-state index in [1.807, 2.05) is 7.05 Å². The van der Waals surface area contributed by atoms with Crippen molar-refractivity contribution >= 4 is 11.8 Å². The zero-order valence-corrected chi connectivity index (χ0v) is 8.75. The standard InChI is InChI=1S/C10H19NS/c1-9(6-7-11-2)10-5-3-4-8-12-10/h10-11H,1,3-8H2,2H3. The van der Waals surface area contributed by atoms with Gasteiger partial charge in [-0.15, -0.1) is 0 Å². The first-order chi connectivity index (χ1) is 5.84. The Balaban J connectivity index is 2.20. The van der Waals surface area contributed by atoms with Crippen LogP contribution < -0.4 is 5.32 Å². The van der Waals surface area contributed by atoms with E-state index in [0.717, 1.165) is 18.2 Å². The van der Waals surface area contributed by atoms with Gasteiger partial charge < -0.3 is 5.32 Å². The van der Waals surface area contributed by atoms with Crippen LogP contribution in [0.3, 0.4) is 0 Å². The van der Waals surface area contributed by atoms with E-state index >= 15 is 0 Å². The van der Waals surface area contributed by atoms with Gasteiger partial charge in [-0.05, 0) is 38.6 Å². The van der Waals surface area contributed by atoms with E-state index in [1.54, 1.807) is 0 Å². The molecule has 1 nitrogen and oxygen atoms in total. The molecule has 0 saturated carbocycles. The average molecular weight is 185 g/mol. The van der Waals surface area contributed by atoms with Crippen LogP contribution in [0.1, 0.15) is 25.7 Å². The summed E-state index contributed by atoms with van der Waals surface area (Å²) in [7, 11) is 2.00. The van der Waals surface area contributed by atoms with E-state index in [2.05, 4.69) is 23.7 Å². The maximum Gasteiger partial charge on any atom is 0.0254 e. The Morgan fingerprint density at radius 1 is 1.58 bits per heavy atom. The van der Waals surface area contributed by atoms with Gasteiger partial charge in [0.1, 0.15) is 0 Å². The van der Waals surface area contributed by atoms with E-state index in [9.17, 15) is 0 Å². The van der Waals surface area contributed by atoms with Gasteiger partial charge in [0, 0.05) is 5.25 Å². The predicted molar refractivity (Wildman–Crippen MR) is 57.8 cm³/mol. The van der Waals surface area contributed by atoms with E-state index in [-0.39, 0.29) is 0 Å². The van der Waals surface area contributed by atoms with Crippen LogP contribution in [-0.2, 0) is 0 Å².